The van der Waals surface area contributed by atoms with Crippen molar-refractivity contribution < 1.29 is 4.92 Å². The maximum atomic E-state index is 10.9. The molecule has 0 fully saturated rings. The Morgan fingerprint density at radius 1 is 1.15 bits per heavy atom. The van der Waals surface area contributed by atoms with Gasteiger partial charge in [-0.3, -0.25) is 10.1 Å². The van der Waals surface area contributed by atoms with E-state index in [-0.39, 0.29) is 5.69 Å². The Kier molecular flexibility index (Phi) is 5.01. The van der Waals surface area contributed by atoms with Crippen LogP contribution in [0, 0.1) is 10.1 Å². The van der Waals surface area contributed by atoms with Gasteiger partial charge in [-0.25, -0.2) is 0 Å². The quantitative estimate of drug-likeness (QED) is 0.533. The average molecular weight is 420 g/mol. The Balaban J connectivity index is 2.12. The lowest BCUT2D eigenvalue weighted by Gasteiger charge is -2.08. The predicted octanol–water partition coefficient (Wildman–Crippen LogP) is 5.39. The Morgan fingerprint density at radius 3 is 2.55 bits per heavy atom. The highest BCUT2D eigenvalue weighted by Crippen LogP contribution is 2.27. The van der Waals surface area contributed by atoms with E-state index in [0.29, 0.717) is 16.0 Å². The van der Waals surface area contributed by atoms with Crippen LogP contribution in [0.4, 0.5) is 11.4 Å². The van der Waals surface area contributed by atoms with Gasteiger partial charge in [0.05, 0.1) is 14.4 Å². The number of nitrogens with one attached hydrogen (secondary N) is 1. The second kappa shape index (κ2) is 6.56. The number of hydrogen-bond acceptors (Lipinski definition) is 3. The molecule has 7 heteroatoms. The van der Waals surface area contributed by atoms with E-state index in [0.717, 1.165) is 15.7 Å². The highest BCUT2D eigenvalue weighted by molar-refractivity contribution is 9.11. The minimum absolute atomic E-state index is 0.0570. The molecule has 0 atom stereocenters. The van der Waals surface area contributed by atoms with Crippen molar-refractivity contribution in [1.82, 2.24) is 0 Å². The molecule has 0 saturated carbocycles. The van der Waals surface area contributed by atoms with Crippen LogP contribution in [0.3, 0.4) is 0 Å². The van der Waals surface area contributed by atoms with Crippen LogP contribution in [-0.4, -0.2) is 4.92 Å². The van der Waals surface area contributed by atoms with Gasteiger partial charge in [-0.1, -0.05) is 17.7 Å². The molecular weight excluding hydrogens is 411 g/mol. The molecule has 2 aromatic carbocycles. The lowest BCUT2D eigenvalue weighted by atomic mass is 10.2. The second-order valence-electron chi connectivity index (χ2n) is 4.03. The summed E-state index contributed by atoms with van der Waals surface area (Å²) in [6.45, 7) is 0.488. The topological polar surface area (TPSA) is 55.2 Å². The third kappa shape index (κ3) is 3.71. The third-order valence-electron chi connectivity index (χ3n) is 2.62. The Bertz CT molecular complexity index is 665. The zero-order valence-electron chi connectivity index (χ0n) is 10.1. The van der Waals surface area contributed by atoms with Crippen LogP contribution in [-0.2, 0) is 6.54 Å². The van der Waals surface area contributed by atoms with Crippen LogP contribution >= 0.6 is 43.5 Å². The van der Waals surface area contributed by atoms with Gasteiger partial charge in [0.15, 0.2) is 0 Å². The third-order valence-corrected chi connectivity index (χ3v) is 4.51. The van der Waals surface area contributed by atoms with Crippen LogP contribution in [0.25, 0.3) is 0 Å². The monoisotopic (exact) mass is 418 g/mol. The van der Waals surface area contributed by atoms with E-state index in [1.165, 1.54) is 0 Å². The Morgan fingerprint density at radius 2 is 1.90 bits per heavy atom. The van der Waals surface area contributed by atoms with Crippen molar-refractivity contribution in [2.24, 2.45) is 0 Å². The molecule has 0 aliphatic heterocycles. The molecule has 0 saturated heterocycles. The largest absolute Gasteiger partial charge is 0.381 e. The zero-order chi connectivity index (χ0) is 14.7. The summed E-state index contributed by atoms with van der Waals surface area (Å²) in [5.41, 5.74) is 1.76. The van der Waals surface area contributed by atoms with Crippen molar-refractivity contribution >= 4 is 54.8 Å². The summed E-state index contributed by atoms with van der Waals surface area (Å²) in [4.78, 5) is 10.5. The van der Waals surface area contributed by atoms with E-state index in [9.17, 15) is 10.1 Å². The zero-order valence-corrected chi connectivity index (χ0v) is 14.0. The van der Waals surface area contributed by atoms with Crippen molar-refractivity contribution in [2.45, 2.75) is 6.54 Å². The summed E-state index contributed by atoms with van der Waals surface area (Å²) in [7, 11) is 0. The van der Waals surface area contributed by atoms with E-state index >= 15 is 0 Å². The maximum absolute atomic E-state index is 10.9. The van der Waals surface area contributed by atoms with Crippen LogP contribution in [0.2, 0.25) is 5.02 Å². The van der Waals surface area contributed by atoms with E-state index in [1.54, 1.807) is 18.2 Å². The van der Waals surface area contributed by atoms with Gasteiger partial charge in [-0.15, -0.1) is 0 Å². The van der Waals surface area contributed by atoms with Crippen molar-refractivity contribution in [1.29, 1.82) is 0 Å². The van der Waals surface area contributed by atoms with Crippen LogP contribution in [0.1, 0.15) is 5.56 Å². The first-order valence-corrected chi connectivity index (χ1v) is 7.55. The SMILES string of the molecule is O=[N+]([O-])c1cc(CNc2ccc(Cl)c(Br)c2)ccc1Br. The first-order chi connectivity index (χ1) is 9.47. The number of nitro benzene ring substituents is 1. The number of benzene rings is 2. The first-order valence-electron chi connectivity index (χ1n) is 5.59. The molecule has 0 heterocycles. The summed E-state index contributed by atoms with van der Waals surface area (Å²) in [5, 5.41) is 14.7. The number of halogens is 3. The number of nitrogens with zero attached hydrogens (tertiary/aromatic N) is 1. The summed E-state index contributed by atoms with van der Waals surface area (Å²) in [6.07, 6.45) is 0. The molecule has 0 bridgehead atoms. The van der Waals surface area contributed by atoms with Gasteiger partial charge in [-0.2, -0.15) is 0 Å². The molecule has 20 heavy (non-hydrogen) atoms. The minimum atomic E-state index is -0.410. The molecule has 0 amide bonds. The molecule has 0 unspecified atom stereocenters. The molecular formula is C13H9Br2ClN2O2. The maximum Gasteiger partial charge on any atom is 0.283 e. The summed E-state index contributed by atoms with van der Waals surface area (Å²) < 4.78 is 1.27. The molecule has 0 radical (unpaired) electrons. The van der Waals surface area contributed by atoms with Crippen molar-refractivity contribution in [3.63, 3.8) is 0 Å². The highest BCUT2D eigenvalue weighted by Gasteiger charge is 2.12. The van der Waals surface area contributed by atoms with E-state index < -0.39 is 4.92 Å². The molecule has 0 aromatic heterocycles. The fraction of sp³-hybridized carbons (Fsp3) is 0.0769. The van der Waals surface area contributed by atoms with Crippen molar-refractivity contribution in [2.75, 3.05) is 5.32 Å². The molecule has 0 aliphatic rings. The number of hydrogen-bond donors (Lipinski definition) is 1. The van der Waals surface area contributed by atoms with Gasteiger partial charge < -0.3 is 5.32 Å². The Labute approximate surface area is 137 Å². The van der Waals surface area contributed by atoms with Gasteiger partial charge in [0.2, 0.25) is 0 Å². The number of anilines is 1. The second-order valence-corrected chi connectivity index (χ2v) is 6.14. The van der Waals surface area contributed by atoms with Gasteiger partial charge in [0, 0.05) is 22.8 Å². The first kappa shape index (κ1) is 15.3. The standard InChI is InChI=1S/C13H9Br2ClN2O2/c14-10-3-1-8(5-13(10)18(19)20)7-17-9-2-4-12(16)11(15)6-9/h1-6,17H,7H2. The number of rotatable bonds is 4. The molecule has 2 rings (SSSR count). The minimum Gasteiger partial charge on any atom is -0.381 e. The molecule has 1 N–H and O–H groups in total. The van der Waals surface area contributed by atoms with Crippen LogP contribution in [0.5, 0.6) is 0 Å². The lowest BCUT2D eigenvalue weighted by molar-refractivity contribution is -0.385. The summed E-state index contributed by atoms with van der Waals surface area (Å²) in [5.74, 6) is 0. The number of nitro groups is 1. The Hall–Kier alpha value is -1.11. The van der Waals surface area contributed by atoms with Crippen LogP contribution < -0.4 is 5.32 Å². The fourth-order valence-corrected chi connectivity index (χ4v) is 2.51. The molecule has 0 aliphatic carbocycles. The van der Waals surface area contributed by atoms with Crippen LogP contribution in [0.15, 0.2) is 45.3 Å². The lowest BCUT2D eigenvalue weighted by Crippen LogP contribution is -2.00. The van der Waals surface area contributed by atoms with Crippen molar-refractivity contribution in [3.8, 4) is 0 Å². The summed E-state index contributed by atoms with van der Waals surface area (Å²) >= 11 is 12.4. The highest BCUT2D eigenvalue weighted by atomic mass is 79.9. The average Bonchev–Trinajstić information content (AvgIpc) is 2.41. The van der Waals surface area contributed by atoms with E-state index in [4.69, 9.17) is 11.6 Å². The summed E-state index contributed by atoms with van der Waals surface area (Å²) in [6, 6.07) is 10.5. The molecule has 104 valence electrons. The van der Waals surface area contributed by atoms with E-state index in [2.05, 4.69) is 37.2 Å². The normalized spacial score (nSPS) is 10.3. The van der Waals surface area contributed by atoms with Gasteiger partial charge in [-0.05, 0) is 61.7 Å². The predicted molar refractivity (Wildman–Crippen MR) is 87.3 cm³/mol. The van der Waals surface area contributed by atoms with Gasteiger partial charge in [0.1, 0.15) is 0 Å². The molecule has 2 aromatic rings. The van der Waals surface area contributed by atoms with Crippen molar-refractivity contribution in [3.05, 3.63) is 66.0 Å². The van der Waals surface area contributed by atoms with E-state index in [1.807, 2.05) is 18.2 Å². The van der Waals surface area contributed by atoms with Gasteiger partial charge in [0.25, 0.3) is 5.69 Å². The van der Waals surface area contributed by atoms with Gasteiger partial charge >= 0.3 is 0 Å². The molecule has 0 spiro atoms. The fourth-order valence-electron chi connectivity index (χ4n) is 1.62. The molecule has 4 nitrogen and oxygen atoms in total. The smallest absolute Gasteiger partial charge is 0.283 e.